The molecule has 3 N–H and O–H groups in total. The van der Waals surface area contributed by atoms with E-state index >= 15 is 0 Å². The lowest BCUT2D eigenvalue weighted by atomic mass is 9.95. The van der Waals surface area contributed by atoms with E-state index in [9.17, 15) is 9.18 Å². The number of aliphatic imine (C=N–C) groups is 1. The number of hydrogen-bond acceptors (Lipinski definition) is 2. The molecule has 0 atom stereocenters. The molecule has 1 aliphatic carbocycles. The lowest BCUT2D eigenvalue weighted by molar-refractivity contribution is -0.121. The highest BCUT2D eigenvalue weighted by Crippen LogP contribution is 2.17. The highest BCUT2D eigenvalue weighted by molar-refractivity contribution is 14.0. The van der Waals surface area contributed by atoms with Crippen molar-refractivity contribution in [1.29, 1.82) is 0 Å². The molecule has 1 amide bonds. The Morgan fingerprint density at radius 2 is 2.00 bits per heavy atom. The average Bonchev–Trinajstić information content (AvgIpc) is 2.60. The van der Waals surface area contributed by atoms with Crippen LogP contribution >= 0.6 is 24.0 Å². The second kappa shape index (κ2) is 12.9. The van der Waals surface area contributed by atoms with Gasteiger partial charge in [-0.1, -0.05) is 31.4 Å². The van der Waals surface area contributed by atoms with Crippen LogP contribution in [0.5, 0.6) is 0 Å². The van der Waals surface area contributed by atoms with Gasteiger partial charge in [-0.25, -0.2) is 9.38 Å². The van der Waals surface area contributed by atoms with Crippen LogP contribution in [0.1, 0.15) is 51.0 Å². The Morgan fingerprint density at radius 1 is 1.23 bits per heavy atom. The molecule has 146 valence electrons. The molecule has 1 aliphatic rings. The maximum absolute atomic E-state index is 13.2. The van der Waals surface area contributed by atoms with Gasteiger partial charge in [0.2, 0.25) is 5.91 Å². The van der Waals surface area contributed by atoms with E-state index in [1.807, 2.05) is 13.0 Å². The van der Waals surface area contributed by atoms with E-state index in [1.165, 1.54) is 31.4 Å². The van der Waals surface area contributed by atoms with Crippen molar-refractivity contribution in [2.75, 3.05) is 13.1 Å². The van der Waals surface area contributed by atoms with Crippen molar-refractivity contribution in [2.45, 2.75) is 58.0 Å². The van der Waals surface area contributed by atoms with Gasteiger partial charge in [-0.05, 0) is 37.5 Å². The number of nitrogens with one attached hydrogen (secondary N) is 3. The SMILES string of the molecule is CCNC(=NCc1cccc(F)c1)NCCC(=O)NC1CCCCC1.I. The highest BCUT2D eigenvalue weighted by Gasteiger charge is 2.15. The summed E-state index contributed by atoms with van der Waals surface area (Å²) < 4.78 is 13.2. The molecule has 0 heterocycles. The third-order valence-electron chi connectivity index (χ3n) is 4.27. The molecule has 1 aromatic rings. The largest absolute Gasteiger partial charge is 0.357 e. The molecular weight excluding hydrogens is 446 g/mol. The van der Waals surface area contributed by atoms with E-state index in [1.54, 1.807) is 6.07 Å². The zero-order chi connectivity index (χ0) is 17.9. The minimum atomic E-state index is -0.259. The number of carbonyl (C=O) groups excluding carboxylic acids is 1. The summed E-state index contributed by atoms with van der Waals surface area (Å²) in [5.74, 6) is 0.461. The molecule has 0 aliphatic heterocycles. The summed E-state index contributed by atoms with van der Waals surface area (Å²) in [4.78, 5) is 16.4. The zero-order valence-electron chi connectivity index (χ0n) is 15.4. The number of rotatable bonds is 7. The second-order valence-electron chi connectivity index (χ2n) is 6.40. The Morgan fingerprint density at radius 3 is 2.69 bits per heavy atom. The van der Waals surface area contributed by atoms with Crippen LogP contribution in [0.25, 0.3) is 0 Å². The van der Waals surface area contributed by atoms with Crippen LogP contribution in [0.3, 0.4) is 0 Å². The number of benzene rings is 1. The molecule has 2 rings (SSSR count). The molecule has 7 heteroatoms. The van der Waals surface area contributed by atoms with E-state index in [0.29, 0.717) is 31.5 Å². The Kier molecular flexibility index (Phi) is 11.2. The van der Waals surface area contributed by atoms with E-state index < -0.39 is 0 Å². The van der Waals surface area contributed by atoms with Gasteiger partial charge in [0.25, 0.3) is 0 Å². The zero-order valence-corrected chi connectivity index (χ0v) is 17.7. The normalized spacial score (nSPS) is 15.1. The first-order valence-electron chi connectivity index (χ1n) is 9.23. The lowest BCUT2D eigenvalue weighted by Crippen LogP contribution is -2.41. The maximum atomic E-state index is 13.2. The van der Waals surface area contributed by atoms with E-state index in [4.69, 9.17) is 0 Å². The third-order valence-corrected chi connectivity index (χ3v) is 4.27. The molecule has 0 spiro atoms. The molecular formula is C19H30FIN4O. The molecule has 0 bridgehead atoms. The van der Waals surface area contributed by atoms with Crippen LogP contribution in [0.2, 0.25) is 0 Å². The van der Waals surface area contributed by atoms with E-state index in [2.05, 4.69) is 20.9 Å². The fourth-order valence-electron chi connectivity index (χ4n) is 2.99. The van der Waals surface area contributed by atoms with Gasteiger partial charge in [-0.15, -0.1) is 24.0 Å². The first-order chi connectivity index (χ1) is 12.2. The number of halogens is 2. The Bertz CT molecular complexity index is 576. The van der Waals surface area contributed by atoms with Crippen molar-refractivity contribution in [1.82, 2.24) is 16.0 Å². The van der Waals surface area contributed by atoms with Crippen LogP contribution < -0.4 is 16.0 Å². The predicted molar refractivity (Wildman–Crippen MR) is 114 cm³/mol. The second-order valence-corrected chi connectivity index (χ2v) is 6.40. The van der Waals surface area contributed by atoms with Gasteiger partial charge in [-0.2, -0.15) is 0 Å². The molecule has 26 heavy (non-hydrogen) atoms. The summed E-state index contributed by atoms with van der Waals surface area (Å²) in [6.07, 6.45) is 6.30. The van der Waals surface area contributed by atoms with Crippen molar-refractivity contribution in [3.8, 4) is 0 Å². The quantitative estimate of drug-likeness (QED) is 0.322. The Balaban J connectivity index is 0.00000338. The number of hydrogen-bond donors (Lipinski definition) is 3. The fraction of sp³-hybridized carbons (Fsp3) is 0.579. The third kappa shape index (κ3) is 8.82. The van der Waals surface area contributed by atoms with Crippen LogP contribution in [-0.2, 0) is 11.3 Å². The first-order valence-corrected chi connectivity index (χ1v) is 9.23. The molecule has 1 aromatic carbocycles. The van der Waals surface area contributed by atoms with E-state index in [-0.39, 0.29) is 35.7 Å². The summed E-state index contributed by atoms with van der Waals surface area (Å²) in [5.41, 5.74) is 0.812. The standard InChI is InChI=1S/C19H29FN4O.HI/c1-2-21-19(23-14-15-7-6-8-16(20)13-15)22-12-11-18(25)24-17-9-4-3-5-10-17;/h6-8,13,17H,2-5,9-12,14H2,1H3,(H,24,25)(H2,21,22,23);1H. The molecule has 1 saturated carbocycles. The Labute approximate surface area is 172 Å². The van der Waals surface area contributed by atoms with Gasteiger partial charge < -0.3 is 16.0 Å². The topological polar surface area (TPSA) is 65.5 Å². The van der Waals surface area contributed by atoms with E-state index in [0.717, 1.165) is 24.9 Å². The van der Waals surface area contributed by atoms with Gasteiger partial charge in [0.15, 0.2) is 5.96 Å². The molecule has 0 saturated heterocycles. The van der Waals surface area contributed by atoms with Crippen LogP contribution in [0.4, 0.5) is 4.39 Å². The smallest absolute Gasteiger partial charge is 0.221 e. The van der Waals surface area contributed by atoms with Crippen LogP contribution in [0, 0.1) is 5.82 Å². The summed E-state index contributed by atoms with van der Waals surface area (Å²) in [6.45, 7) is 3.62. The number of guanidine groups is 1. The van der Waals surface area contributed by atoms with Crippen molar-refractivity contribution < 1.29 is 9.18 Å². The van der Waals surface area contributed by atoms with Crippen molar-refractivity contribution >= 4 is 35.8 Å². The van der Waals surface area contributed by atoms with Crippen molar-refractivity contribution in [3.63, 3.8) is 0 Å². The van der Waals surface area contributed by atoms with Crippen LogP contribution in [0.15, 0.2) is 29.3 Å². The number of amides is 1. The average molecular weight is 476 g/mol. The molecule has 0 radical (unpaired) electrons. The molecule has 1 fully saturated rings. The monoisotopic (exact) mass is 476 g/mol. The minimum absolute atomic E-state index is 0. The lowest BCUT2D eigenvalue weighted by Gasteiger charge is -2.22. The van der Waals surface area contributed by atoms with Gasteiger partial charge in [0.1, 0.15) is 5.82 Å². The highest BCUT2D eigenvalue weighted by atomic mass is 127. The minimum Gasteiger partial charge on any atom is -0.357 e. The van der Waals surface area contributed by atoms with Crippen molar-refractivity contribution in [2.24, 2.45) is 4.99 Å². The summed E-state index contributed by atoms with van der Waals surface area (Å²) >= 11 is 0. The summed E-state index contributed by atoms with van der Waals surface area (Å²) in [6, 6.07) is 6.76. The number of carbonyl (C=O) groups is 1. The first kappa shape index (κ1) is 22.7. The van der Waals surface area contributed by atoms with Crippen molar-refractivity contribution in [3.05, 3.63) is 35.6 Å². The van der Waals surface area contributed by atoms with Gasteiger partial charge in [0.05, 0.1) is 6.54 Å². The summed E-state index contributed by atoms with van der Waals surface area (Å²) in [5, 5.41) is 9.40. The molecule has 0 unspecified atom stereocenters. The number of nitrogens with zero attached hydrogens (tertiary/aromatic N) is 1. The van der Waals surface area contributed by atoms with Gasteiger partial charge in [-0.3, -0.25) is 4.79 Å². The maximum Gasteiger partial charge on any atom is 0.221 e. The Hall–Kier alpha value is -1.38. The van der Waals surface area contributed by atoms with Gasteiger partial charge in [0, 0.05) is 25.6 Å². The molecule has 5 nitrogen and oxygen atoms in total. The fourth-order valence-corrected chi connectivity index (χ4v) is 2.99. The van der Waals surface area contributed by atoms with Crippen LogP contribution in [-0.4, -0.2) is 31.0 Å². The van der Waals surface area contributed by atoms with Gasteiger partial charge >= 0.3 is 0 Å². The molecule has 0 aromatic heterocycles. The predicted octanol–water partition coefficient (Wildman–Crippen LogP) is 3.34. The summed E-state index contributed by atoms with van der Waals surface area (Å²) in [7, 11) is 0.